The van der Waals surface area contributed by atoms with Crippen LogP contribution in [0, 0.1) is 13.1 Å². The van der Waals surface area contributed by atoms with Gasteiger partial charge in [0.15, 0.2) is 5.01 Å². The van der Waals surface area contributed by atoms with Gasteiger partial charge in [-0.05, 0) is 83.2 Å². The minimum absolute atomic E-state index is 0.0288. The van der Waals surface area contributed by atoms with E-state index in [0.29, 0.717) is 34.2 Å². The molecular weight excluding hydrogens is 1020 g/mol. The second-order valence-corrected chi connectivity index (χ2v) is 32.7. The van der Waals surface area contributed by atoms with Crippen molar-refractivity contribution in [2.24, 2.45) is 0 Å². The smallest absolute Gasteiger partial charge is 0.414 e. The maximum Gasteiger partial charge on any atom is 0.414 e. The minimum Gasteiger partial charge on any atom is -0.444 e. The van der Waals surface area contributed by atoms with Gasteiger partial charge in [0.25, 0.3) is 0 Å². The van der Waals surface area contributed by atoms with Crippen LogP contribution in [0.1, 0.15) is 40.0 Å². The molecule has 20 heteroatoms. The summed E-state index contributed by atoms with van der Waals surface area (Å²) in [6.07, 6.45) is 1.81. The van der Waals surface area contributed by atoms with Gasteiger partial charge >= 0.3 is 136 Å². The van der Waals surface area contributed by atoms with Crippen LogP contribution in [0.25, 0.3) is 20.3 Å². The summed E-state index contributed by atoms with van der Waals surface area (Å²) in [4.78, 5) is 53.5. The molecule has 0 radical (unpaired) electrons. The number of aromatic nitrogens is 4. The van der Waals surface area contributed by atoms with E-state index in [9.17, 15) is 14.4 Å². The van der Waals surface area contributed by atoms with Gasteiger partial charge in [0.1, 0.15) is 12.2 Å². The first kappa shape index (κ1) is 48.2. The summed E-state index contributed by atoms with van der Waals surface area (Å²) in [5.41, 5.74) is 3.52. The zero-order valence-corrected chi connectivity index (χ0v) is 41.8. The van der Waals surface area contributed by atoms with Crippen molar-refractivity contribution in [3.63, 3.8) is 0 Å². The van der Waals surface area contributed by atoms with Crippen molar-refractivity contribution in [3.05, 3.63) is 105 Å². The van der Waals surface area contributed by atoms with Gasteiger partial charge in [-0.2, -0.15) is 0 Å². The van der Waals surface area contributed by atoms with Gasteiger partial charge in [-0.15, -0.1) is 11.3 Å². The maximum absolute atomic E-state index is 11.8. The Hall–Kier alpha value is -4.86. The molecule has 0 N–H and O–H groups in total. The molecular formula is C42H45BrClN9O6S2Sn. The minimum atomic E-state index is -1.99. The van der Waals surface area contributed by atoms with Gasteiger partial charge in [0.05, 0.1) is 13.1 Å². The van der Waals surface area contributed by atoms with Crippen molar-refractivity contribution < 1.29 is 28.6 Å². The van der Waals surface area contributed by atoms with Crippen molar-refractivity contribution in [1.82, 2.24) is 20.4 Å². The van der Waals surface area contributed by atoms with Crippen LogP contribution in [0.2, 0.25) is 19.3 Å². The molecule has 0 saturated carbocycles. The molecule has 3 unspecified atom stereocenters. The number of benzene rings is 3. The molecule has 0 aliphatic carbocycles. The van der Waals surface area contributed by atoms with Gasteiger partial charge in [-0.1, -0.05) is 54.3 Å². The largest absolute Gasteiger partial charge is 0.444 e. The van der Waals surface area contributed by atoms with E-state index in [1.165, 1.54) is 14.9 Å². The molecule has 324 valence electrons. The van der Waals surface area contributed by atoms with Crippen LogP contribution in [-0.4, -0.2) is 95.0 Å². The number of hydrogen-bond donors (Lipinski definition) is 0. The topological polar surface area (TPSA) is 149 Å². The Morgan fingerprint density at radius 3 is 1.35 bits per heavy atom. The number of amides is 3. The molecule has 8 rings (SSSR count). The first-order valence-electron chi connectivity index (χ1n) is 19.6. The van der Waals surface area contributed by atoms with E-state index >= 15 is 0 Å². The average Bonchev–Trinajstić information content (AvgIpc) is 4.13. The van der Waals surface area contributed by atoms with Crippen LogP contribution in [0.5, 0.6) is 0 Å². The first-order chi connectivity index (χ1) is 29.6. The number of hydrogen-bond acceptors (Lipinski definition) is 12. The molecule has 3 aliphatic rings. The fourth-order valence-corrected chi connectivity index (χ4v) is 10.8. The van der Waals surface area contributed by atoms with Gasteiger partial charge in [0.2, 0.25) is 4.47 Å². The Kier molecular flexibility index (Phi) is 17.5. The Morgan fingerprint density at radius 1 is 0.645 bits per heavy atom. The molecule has 3 saturated heterocycles. The predicted molar refractivity (Wildman–Crippen MR) is 250 cm³/mol. The summed E-state index contributed by atoms with van der Waals surface area (Å²) >= 11 is 9.04. The molecule has 3 aliphatic heterocycles. The Balaban J connectivity index is 0.000000163. The quantitative estimate of drug-likeness (QED) is 0.0835. The summed E-state index contributed by atoms with van der Waals surface area (Å²) in [7, 11) is 0. The van der Waals surface area contributed by atoms with Crippen molar-refractivity contribution in [3.8, 4) is 10.6 Å². The van der Waals surface area contributed by atoms with E-state index < -0.39 is 18.4 Å². The molecule has 5 heterocycles. The summed E-state index contributed by atoms with van der Waals surface area (Å²) in [6.45, 7) is 21.3. The van der Waals surface area contributed by atoms with Crippen molar-refractivity contribution in [2.45, 2.75) is 73.2 Å². The molecule has 3 aromatic carbocycles. The molecule has 5 aromatic rings. The van der Waals surface area contributed by atoms with E-state index in [2.05, 4.69) is 85.1 Å². The SMILES string of the molecule is CCC1CN(c2cc[c]([Sn]([CH3])([CH3])[CH3])cc2)C(=O)O1.CCC1CN(c2ccc(Br)cc2)C(=O)O1.[C-]#[N+]c1nnc(-c2ccc(N3CC(CC)OC3=O)cc2)s1.[C-]#[N+]c1nnc(Cl)s1. The third-order valence-electron chi connectivity index (χ3n) is 9.59. The third-order valence-corrected chi connectivity index (χ3v) is 17.8. The molecule has 3 amide bonds. The number of rotatable bonds is 8. The van der Waals surface area contributed by atoms with Crippen molar-refractivity contribution in [1.29, 1.82) is 0 Å². The number of halogens is 2. The first-order valence-corrected chi connectivity index (χ1v) is 32.4. The van der Waals surface area contributed by atoms with Gasteiger partial charge in [0, 0.05) is 31.6 Å². The van der Waals surface area contributed by atoms with Crippen LogP contribution in [0.15, 0.2) is 77.3 Å². The fourth-order valence-electron chi connectivity index (χ4n) is 6.00. The second-order valence-electron chi connectivity index (χ2n) is 14.8. The Morgan fingerprint density at radius 2 is 1.03 bits per heavy atom. The van der Waals surface area contributed by atoms with Crippen LogP contribution < -0.4 is 18.3 Å². The molecule has 3 fully saturated rings. The molecule has 3 atom stereocenters. The number of carbonyl (C=O) groups is 3. The standard InChI is InChI=1S/C14H12N4O2S.C11H12BrNO2.C11H12NO2.C3ClN3S.3CH3.Sn/c1-3-11-8-18(14(19)20-11)10-6-4-9(5-7-10)12-16-17-13(15-2)21-12;1-2-10-7-13(11(14)15-10)9-5-3-8(12)4-6-9;1-2-10-8-12(11(13)14-10)9-6-4-3-5-7-9;1-5-3-7-6-2(4)8-3;;;;/h4-7,11H,3,8H2,1H3;3-6,10H,2,7H2,1H3;4-7,10H,2,8H2,1H3;;3*1H3;. The van der Waals surface area contributed by atoms with Crippen LogP contribution in [-0.2, 0) is 14.2 Å². The van der Waals surface area contributed by atoms with Crippen LogP contribution in [0.4, 0.5) is 41.7 Å². The third kappa shape index (κ3) is 13.1. The van der Waals surface area contributed by atoms with Gasteiger partial charge < -0.3 is 19.2 Å². The molecule has 62 heavy (non-hydrogen) atoms. The van der Waals surface area contributed by atoms with E-state index in [1.807, 2.05) is 69.3 Å². The van der Waals surface area contributed by atoms with Crippen molar-refractivity contribution >= 4 is 118 Å². The van der Waals surface area contributed by atoms with Crippen LogP contribution >= 0.6 is 50.2 Å². The van der Waals surface area contributed by atoms with Crippen LogP contribution in [0.3, 0.4) is 0 Å². The zero-order valence-electron chi connectivity index (χ0n) is 34.9. The molecule has 0 spiro atoms. The number of nitrogens with zero attached hydrogens (tertiary/aromatic N) is 9. The second kappa shape index (κ2) is 22.5. The average molecular weight is 1070 g/mol. The fraction of sp³-hybridized carbons (Fsp3) is 0.357. The summed E-state index contributed by atoms with van der Waals surface area (Å²) in [6, 6.07) is 23.6. The Labute approximate surface area is 386 Å². The summed E-state index contributed by atoms with van der Waals surface area (Å²) < 4.78 is 18.5. The van der Waals surface area contributed by atoms with E-state index in [0.717, 1.165) is 57.7 Å². The molecule has 15 nitrogen and oxygen atoms in total. The number of ether oxygens (including phenoxy) is 3. The molecule has 2 aromatic heterocycles. The predicted octanol–water partition coefficient (Wildman–Crippen LogP) is 11.4. The number of carbonyl (C=O) groups excluding carboxylic acids is 3. The van der Waals surface area contributed by atoms with E-state index in [-0.39, 0.29) is 41.7 Å². The van der Waals surface area contributed by atoms with E-state index in [4.69, 9.17) is 39.0 Å². The molecule has 0 bridgehead atoms. The number of cyclic esters (lactones) is 3. The van der Waals surface area contributed by atoms with Gasteiger partial charge in [-0.25, -0.2) is 9.59 Å². The van der Waals surface area contributed by atoms with Crippen molar-refractivity contribution in [2.75, 3.05) is 34.3 Å². The van der Waals surface area contributed by atoms with Gasteiger partial charge in [-0.3, -0.25) is 9.80 Å². The number of anilines is 3. The Bertz CT molecular complexity index is 2390. The maximum atomic E-state index is 11.8. The normalized spacial score (nSPS) is 17.9. The zero-order chi connectivity index (χ0) is 45.0. The van der Waals surface area contributed by atoms with E-state index in [1.54, 1.807) is 14.7 Å². The summed E-state index contributed by atoms with van der Waals surface area (Å²) in [5.74, 6) is 0. The summed E-state index contributed by atoms with van der Waals surface area (Å²) in [5, 5.41) is 15.9. The monoisotopic (exact) mass is 1070 g/mol.